The Kier molecular flexibility index (Phi) is 4.14. The van der Waals surface area contributed by atoms with Crippen molar-refractivity contribution in [2.75, 3.05) is 13.2 Å². The van der Waals surface area contributed by atoms with Gasteiger partial charge in [-0.1, -0.05) is 11.6 Å². The number of ether oxygens (including phenoxy) is 1. The lowest BCUT2D eigenvalue weighted by atomic mass is 9.77. The van der Waals surface area contributed by atoms with E-state index in [2.05, 4.69) is 5.10 Å². The molecule has 144 valence electrons. The SMILES string of the molecule is O=P([O-])([O-])N1CC2(c3ccc(Cl)s3)COc3cc(C(F)(F)F)ccc3C2=N1. The number of halogens is 4. The molecule has 1 aromatic carbocycles. The standard InChI is InChI=1S/C15H11ClF3N2O4PS/c16-12-4-3-11(27-12)14-6-21(26(22,23)24)20-13(14)9-2-1-8(15(17,18)19)5-10(9)25-7-14/h1-5H,6-7H2,(H2,22,23,24)/p-2. The first-order valence-corrected chi connectivity index (χ1v) is 10.2. The van der Waals surface area contributed by atoms with Gasteiger partial charge >= 0.3 is 6.18 Å². The summed E-state index contributed by atoms with van der Waals surface area (Å²) in [5.41, 5.74) is -1.64. The molecule has 2 aromatic rings. The van der Waals surface area contributed by atoms with Crippen molar-refractivity contribution in [3.63, 3.8) is 0 Å². The number of hydrazone groups is 1. The van der Waals surface area contributed by atoms with Gasteiger partial charge in [0.05, 0.1) is 22.2 Å². The van der Waals surface area contributed by atoms with Crippen LogP contribution >= 0.6 is 30.7 Å². The van der Waals surface area contributed by atoms with Crippen molar-refractivity contribution >= 4 is 36.4 Å². The van der Waals surface area contributed by atoms with E-state index in [1.54, 1.807) is 12.1 Å². The molecule has 2 aliphatic rings. The third-order valence-electron chi connectivity index (χ3n) is 4.45. The van der Waals surface area contributed by atoms with Crippen LogP contribution in [0.2, 0.25) is 4.34 Å². The smallest absolute Gasteiger partial charge is 0.416 e. The Labute approximate surface area is 160 Å². The second-order valence-corrected chi connectivity index (χ2v) is 9.24. The number of rotatable bonds is 2. The molecule has 0 fully saturated rings. The lowest BCUT2D eigenvalue weighted by molar-refractivity contribution is -0.329. The third kappa shape index (κ3) is 3.05. The summed E-state index contributed by atoms with van der Waals surface area (Å²) in [6.45, 7) is -0.475. The number of benzene rings is 1. The highest BCUT2D eigenvalue weighted by atomic mass is 35.5. The van der Waals surface area contributed by atoms with E-state index in [4.69, 9.17) is 16.3 Å². The van der Waals surface area contributed by atoms with Crippen LogP contribution in [-0.2, 0) is 16.2 Å². The maximum absolute atomic E-state index is 13.0. The number of thiophene rings is 1. The summed E-state index contributed by atoms with van der Waals surface area (Å²) in [5, 5.41) is 3.94. The van der Waals surface area contributed by atoms with Crippen LogP contribution in [0.3, 0.4) is 0 Å². The average Bonchev–Trinajstić information content (AvgIpc) is 3.17. The summed E-state index contributed by atoms with van der Waals surface area (Å²) in [7, 11) is -5.21. The molecule has 0 saturated carbocycles. The maximum Gasteiger partial charge on any atom is 0.416 e. The first-order valence-electron chi connectivity index (χ1n) is 7.50. The topological polar surface area (TPSA) is 88.0 Å². The first-order chi connectivity index (χ1) is 12.5. The summed E-state index contributed by atoms with van der Waals surface area (Å²) in [5.74, 6) is -0.0738. The second-order valence-electron chi connectivity index (χ2n) is 6.13. The van der Waals surface area contributed by atoms with E-state index >= 15 is 0 Å². The Hall–Kier alpha value is -1.58. The van der Waals surface area contributed by atoms with Gasteiger partial charge in [-0.25, -0.2) is 0 Å². The number of hydrogen-bond acceptors (Lipinski definition) is 6. The minimum absolute atomic E-state index is 0.0738. The predicted octanol–water partition coefficient (Wildman–Crippen LogP) is 2.60. The van der Waals surface area contributed by atoms with E-state index < -0.39 is 24.9 Å². The van der Waals surface area contributed by atoms with Crippen molar-refractivity contribution in [1.82, 2.24) is 4.78 Å². The molecule has 2 aliphatic heterocycles. The minimum atomic E-state index is -5.21. The fourth-order valence-corrected chi connectivity index (χ4v) is 5.01. The quantitative estimate of drug-likeness (QED) is 0.675. The predicted molar refractivity (Wildman–Crippen MR) is 88.8 cm³/mol. The molecule has 0 amide bonds. The van der Waals surface area contributed by atoms with Gasteiger partial charge in [-0.2, -0.15) is 18.3 Å². The molecule has 1 aromatic heterocycles. The fourth-order valence-electron chi connectivity index (χ4n) is 3.18. The lowest BCUT2D eigenvalue weighted by Crippen LogP contribution is -2.47. The van der Waals surface area contributed by atoms with E-state index in [0.717, 1.165) is 23.5 Å². The second kappa shape index (κ2) is 5.96. The van der Waals surface area contributed by atoms with Crippen LogP contribution in [0.15, 0.2) is 35.4 Å². The molecule has 0 spiro atoms. The van der Waals surface area contributed by atoms with Gasteiger partial charge in [-0.15, -0.1) is 11.3 Å². The summed E-state index contributed by atoms with van der Waals surface area (Å²) in [6.07, 6.45) is -4.56. The monoisotopic (exact) mass is 436 g/mol. The molecule has 27 heavy (non-hydrogen) atoms. The molecule has 0 aliphatic carbocycles. The van der Waals surface area contributed by atoms with Gasteiger partial charge in [-0.05, 0) is 30.3 Å². The van der Waals surface area contributed by atoms with Crippen molar-refractivity contribution in [3.8, 4) is 5.75 Å². The number of fused-ring (bicyclic) bond motifs is 3. The number of alkyl halides is 3. The van der Waals surface area contributed by atoms with Crippen LogP contribution in [0.4, 0.5) is 13.2 Å². The molecular weight excluding hydrogens is 428 g/mol. The molecule has 0 radical (unpaired) electrons. The van der Waals surface area contributed by atoms with Crippen LogP contribution in [0.5, 0.6) is 5.75 Å². The maximum atomic E-state index is 13.0. The average molecular weight is 437 g/mol. The zero-order chi connectivity index (χ0) is 19.6. The van der Waals surface area contributed by atoms with Gasteiger partial charge in [0.2, 0.25) is 0 Å². The van der Waals surface area contributed by atoms with Gasteiger partial charge in [0, 0.05) is 18.2 Å². The van der Waals surface area contributed by atoms with E-state index in [0.29, 0.717) is 14.0 Å². The van der Waals surface area contributed by atoms with Crippen LogP contribution in [-0.4, -0.2) is 23.6 Å². The van der Waals surface area contributed by atoms with E-state index in [-0.39, 0.29) is 30.2 Å². The molecule has 1 atom stereocenters. The van der Waals surface area contributed by atoms with E-state index in [1.807, 2.05) is 0 Å². The molecular formula is C15H9ClF3N2O4PS-2. The Balaban J connectivity index is 1.88. The van der Waals surface area contributed by atoms with Crippen molar-refractivity contribution < 1.29 is 32.3 Å². The van der Waals surface area contributed by atoms with Crippen LogP contribution in [0.1, 0.15) is 16.0 Å². The summed E-state index contributed by atoms with van der Waals surface area (Å²) in [4.78, 5) is 23.7. The third-order valence-corrected chi connectivity index (χ3v) is 6.68. The molecule has 0 N–H and O–H groups in total. The van der Waals surface area contributed by atoms with Crippen molar-refractivity contribution in [2.24, 2.45) is 5.10 Å². The van der Waals surface area contributed by atoms with Gasteiger partial charge in [0.15, 0.2) is 0 Å². The largest absolute Gasteiger partial charge is 0.794 e. The van der Waals surface area contributed by atoms with Gasteiger partial charge in [-0.3, -0.25) is 4.78 Å². The van der Waals surface area contributed by atoms with E-state index in [1.165, 1.54) is 6.07 Å². The highest BCUT2D eigenvalue weighted by Crippen LogP contribution is 2.49. The molecule has 0 saturated heterocycles. The normalized spacial score (nSPS) is 22.1. The molecule has 12 heteroatoms. The van der Waals surface area contributed by atoms with Gasteiger partial charge < -0.3 is 19.1 Å². The molecule has 3 heterocycles. The van der Waals surface area contributed by atoms with Crippen LogP contribution < -0.4 is 14.5 Å². The summed E-state index contributed by atoms with van der Waals surface area (Å²) < 4.78 is 56.8. The number of hydrogen-bond donors (Lipinski definition) is 0. The Morgan fingerprint density at radius 1 is 1.30 bits per heavy atom. The van der Waals surface area contributed by atoms with Crippen LogP contribution in [0.25, 0.3) is 0 Å². The van der Waals surface area contributed by atoms with Crippen LogP contribution in [0, 0.1) is 0 Å². The van der Waals surface area contributed by atoms with Crippen molar-refractivity contribution in [3.05, 3.63) is 50.7 Å². The highest BCUT2D eigenvalue weighted by molar-refractivity contribution is 7.46. The molecule has 6 nitrogen and oxygen atoms in total. The van der Waals surface area contributed by atoms with Crippen molar-refractivity contribution in [1.29, 1.82) is 0 Å². The lowest BCUT2D eigenvalue weighted by Gasteiger charge is -2.40. The minimum Gasteiger partial charge on any atom is -0.794 e. The Bertz CT molecular complexity index is 1010. The van der Waals surface area contributed by atoms with Crippen molar-refractivity contribution in [2.45, 2.75) is 11.6 Å². The zero-order valence-electron chi connectivity index (χ0n) is 13.2. The summed E-state index contributed by atoms with van der Waals surface area (Å²) >= 11 is 7.15. The fraction of sp³-hybridized carbons (Fsp3) is 0.267. The Morgan fingerprint density at radius 2 is 2.04 bits per heavy atom. The van der Waals surface area contributed by atoms with E-state index in [9.17, 15) is 27.5 Å². The van der Waals surface area contributed by atoms with Gasteiger partial charge in [0.25, 0.3) is 0 Å². The molecule has 4 rings (SSSR count). The highest BCUT2D eigenvalue weighted by Gasteiger charge is 2.51. The Morgan fingerprint density at radius 3 is 2.63 bits per heavy atom. The number of nitrogens with zero attached hydrogens (tertiary/aromatic N) is 2. The molecule has 1 unspecified atom stereocenters. The van der Waals surface area contributed by atoms with Gasteiger partial charge in [0.1, 0.15) is 17.8 Å². The first kappa shape index (κ1) is 18.8. The zero-order valence-corrected chi connectivity index (χ0v) is 15.7. The molecule has 0 bridgehead atoms. The summed E-state index contributed by atoms with van der Waals surface area (Å²) in [6, 6.07) is 6.13.